The van der Waals surface area contributed by atoms with Gasteiger partial charge in [-0.3, -0.25) is 0 Å². The van der Waals surface area contributed by atoms with Gasteiger partial charge in [0.1, 0.15) is 0 Å². The third-order valence-electron chi connectivity index (χ3n) is 17.1. The Bertz CT molecular complexity index is 4010. The molecule has 12 aromatic carbocycles. The van der Waals surface area contributed by atoms with Crippen molar-refractivity contribution < 1.29 is 10.9 Å². The molecule has 0 aliphatic heterocycles. The fraction of sp³-hybridized carbons (Fsp3) is 0.122. The van der Waals surface area contributed by atoms with Crippen LogP contribution in [0, 0.1) is 41.5 Å². The molecule has 0 atom stereocenters. The van der Waals surface area contributed by atoms with Crippen molar-refractivity contribution in [3.63, 3.8) is 0 Å². The third-order valence-corrected chi connectivity index (χ3v) is 17.1. The quantitative estimate of drug-likeness (QED) is 0.0766. The Kier molecular flexibility index (Phi) is 18.2. The van der Waals surface area contributed by atoms with Gasteiger partial charge in [0.15, 0.2) is 0 Å². The first-order chi connectivity index (χ1) is 42.5. The zero-order chi connectivity index (χ0) is 60.0. The summed E-state index contributed by atoms with van der Waals surface area (Å²) >= 11 is 6.00. The molecule has 1 aliphatic carbocycles. The predicted octanol–water partition coefficient (Wildman–Crippen LogP) is 22.4. The van der Waals surface area contributed by atoms with Gasteiger partial charge in [-0.15, -0.1) is 0 Å². The van der Waals surface area contributed by atoms with Crippen LogP contribution in [0.15, 0.2) is 289 Å². The van der Waals surface area contributed by atoms with Crippen molar-refractivity contribution in [3.05, 3.63) is 390 Å². The number of benzene rings is 12. The summed E-state index contributed by atoms with van der Waals surface area (Å²) in [6.45, 7) is 13.2. The van der Waals surface area contributed by atoms with Gasteiger partial charge in [-0.2, -0.15) is 0 Å². The standard InChI is InChI=1S/C82H68N2.2BrH.Ni/c1-53-33-41-64(42-34-53)76(65-43-35-54(2)36-44-65)72-51-58(6)52-73(77(66-45-37-55(3)38-46-66)67-47-39-56(4)40-48-67)80(72)84-82-69-32-20-30-63-29-19-31-68(78(63)69)81(82)83-79-70(74(59-21-11-7-12-22-59)60-23-13-8-14-24-60)49-57(5)50-71(79)75(61-25-15-9-16-26-61)62-27-17-10-18-28-62;;;/h7-52,74-77H,1-6H3;2*1H;/q;;;+2/p-2. The van der Waals surface area contributed by atoms with Crippen LogP contribution < -0.4 is 0 Å². The second-order valence-electron chi connectivity index (χ2n) is 23.3. The van der Waals surface area contributed by atoms with E-state index in [1.807, 2.05) is 0 Å². The summed E-state index contributed by atoms with van der Waals surface area (Å²) in [4.78, 5) is 12.8. The molecule has 1 aliphatic rings. The fourth-order valence-corrected chi connectivity index (χ4v) is 13.1. The summed E-state index contributed by atoms with van der Waals surface area (Å²) in [5.41, 5.74) is 27.2. The fourth-order valence-electron chi connectivity index (χ4n) is 13.1. The molecule has 13 rings (SSSR count). The summed E-state index contributed by atoms with van der Waals surface area (Å²) in [7, 11) is 1.25. The van der Waals surface area contributed by atoms with Crippen LogP contribution >= 0.6 is 28.5 Å². The molecule has 0 fully saturated rings. The molecule has 0 bridgehead atoms. The molecule has 0 radical (unpaired) electrons. The minimum absolute atomic E-state index is 0.151. The molecule has 0 saturated carbocycles. The average Bonchev–Trinajstić information content (AvgIpc) is 1.72. The van der Waals surface area contributed by atoms with E-state index in [4.69, 9.17) is 9.98 Å². The van der Waals surface area contributed by atoms with E-state index in [1.54, 1.807) is 0 Å². The van der Waals surface area contributed by atoms with Gasteiger partial charge in [0.2, 0.25) is 0 Å². The van der Waals surface area contributed by atoms with E-state index >= 15 is 0 Å². The zero-order valence-corrected chi connectivity index (χ0v) is 54.0. The van der Waals surface area contributed by atoms with E-state index in [0.29, 0.717) is 0 Å². The summed E-state index contributed by atoms with van der Waals surface area (Å²) < 4.78 is 0. The van der Waals surface area contributed by atoms with Gasteiger partial charge in [0, 0.05) is 40.2 Å². The Hall–Kier alpha value is -8.31. The zero-order valence-electron chi connectivity index (χ0n) is 49.8. The first kappa shape index (κ1) is 59.0. The third kappa shape index (κ3) is 12.6. The molecule has 0 spiro atoms. The molecular weight excluding hydrogens is 1230 g/mol. The van der Waals surface area contributed by atoms with Crippen molar-refractivity contribution >= 4 is 62.0 Å². The maximum absolute atomic E-state index is 6.42. The van der Waals surface area contributed by atoms with E-state index in [0.717, 1.165) is 67.0 Å². The van der Waals surface area contributed by atoms with Crippen molar-refractivity contribution in [1.82, 2.24) is 0 Å². The van der Waals surface area contributed by atoms with Crippen molar-refractivity contribution in [2.24, 2.45) is 9.98 Å². The van der Waals surface area contributed by atoms with Crippen molar-refractivity contribution in [1.29, 1.82) is 0 Å². The van der Waals surface area contributed by atoms with Crippen molar-refractivity contribution in [3.8, 4) is 0 Å². The first-order valence-electron chi connectivity index (χ1n) is 29.8. The Morgan fingerprint density at radius 3 is 0.736 bits per heavy atom. The number of hydrogen-bond acceptors (Lipinski definition) is 2. The summed E-state index contributed by atoms with van der Waals surface area (Å²) in [5, 5.41) is 2.32. The maximum atomic E-state index is 6.42. The van der Waals surface area contributed by atoms with Gasteiger partial charge >= 0.3 is 39.3 Å². The van der Waals surface area contributed by atoms with Gasteiger partial charge in [-0.05, 0) is 114 Å². The SMILES string of the molecule is Cc1ccc(C(c2ccc(C)cc2)c2cc(C)cc(C(c3ccc(C)cc3)c3ccc(C)cc3)c2N=C2C(=Nc3c(C(c4ccccc4)c4ccccc4)cc(C)cc3C(c3ccccc3)c3ccccc3)c3cccc4cccc2c34)cc1.[Br][Ni][Br]. The molecular formula is C82H68Br2N2Ni. The predicted molar refractivity (Wildman–Crippen MR) is 371 cm³/mol. The van der Waals surface area contributed by atoms with Gasteiger partial charge in [-0.1, -0.05) is 312 Å². The molecule has 0 amide bonds. The number of hydrogen-bond donors (Lipinski definition) is 0. The normalized spacial score (nSPS) is 12.9. The topological polar surface area (TPSA) is 24.7 Å². The number of rotatable bonds is 14. The molecule has 87 heavy (non-hydrogen) atoms. The van der Waals surface area contributed by atoms with Crippen molar-refractivity contribution in [2.45, 2.75) is 65.2 Å². The van der Waals surface area contributed by atoms with E-state index in [9.17, 15) is 0 Å². The molecule has 5 heteroatoms. The van der Waals surface area contributed by atoms with Gasteiger partial charge < -0.3 is 0 Å². The van der Waals surface area contributed by atoms with Crippen molar-refractivity contribution in [2.75, 3.05) is 0 Å². The van der Waals surface area contributed by atoms with Crippen LogP contribution in [0.2, 0.25) is 0 Å². The Balaban J connectivity index is 0.00000241. The van der Waals surface area contributed by atoms with Crippen LogP contribution in [-0.4, -0.2) is 11.4 Å². The van der Waals surface area contributed by atoms with E-state index < -0.39 is 0 Å². The number of aryl methyl sites for hydroxylation is 6. The number of aliphatic imine (C=N–C) groups is 2. The van der Waals surface area contributed by atoms with Crippen LogP contribution in [0.1, 0.15) is 135 Å². The molecule has 430 valence electrons. The van der Waals surface area contributed by atoms with Crippen LogP contribution in [0.25, 0.3) is 10.8 Å². The molecule has 0 aromatic heterocycles. The Labute approximate surface area is 534 Å². The second-order valence-corrected chi connectivity index (χ2v) is 28.3. The summed E-state index contributed by atoms with van der Waals surface area (Å²) in [6, 6.07) is 104. The summed E-state index contributed by atoms with van der Waals surface area (Å²) in [6.07, 6.45) is 0. The molecule has 0 heterocycles. The first-order valence-corrected chi connectivity index (χ1v) is 34.7. The van der Waals surface area contributed by atoms with E-state index in [-0.39, 0.29) is 23.7 Å². The molecule has 0 saturated heterocycles. The monoisotopic (exact) mass is 1300 g/mol. The molecule has 0 N–H and O–H groups in total. The van der Waals surface area contributed by atoms with Gasteiger partial charge in [0.25, 0.3) is 0 Å². The molecule has 2 nitrogen and oxygen atoms in total. The number of halogens is 2. The van der Waals surface area contributed by atoms with Crippen LogP contribution in [0.3, 0.4) is 0 Å². The Morgan fingerprint density at radius 2 is 0.494 bits per heavy atom. The average molecular weight is 1300 g/mol. The molecule has 0 unspecified atom stereocenters. The van der Waals surface area contributed by atoms with Crippen LogP contribution in [0.4, 0.5) is 11.4 Å². The van der Waals surface area contributed by atoms with Gasteiger partial charge in [0.05, 0.1) is 22.8 Å². The Morgan fingerprint density at radius 1 is 0.264 bits per heavy atom. The van der Waals surface area contributed by atoms with E-state index in [1.165, 1.54) is 88.8 Å². The molecule has 12 aromatic rings. The second kappa shape index (κ2) is 26.8. The van der Waals surface area contributed by atoms with Crippen LogP contribution in [0.5, 0.6) is 0 Å². The minimum atomic E-state index is -0.161. The van der Waals surface area contributed by atoms with E-state index in [2.05, 4.69) is 349 Å². The van der Waals surface area contributed by atoms with Gasteiger partial charge in [-0.25, -0.2) is 9.98 Å². The van der Waals surface area contributed by atoms with Crippen LogP contribution in [-0.2, 0) is 10.9 Å². The number of nitrogens with zero attached hydrogens (tertiary/aromatic N) is 2. The summed E-state index contributed by atoms with van der Waals surface area (Å²) in [5.74, 6) is -0.623.